The van der Waals surface area contributed by atoms with Crippen molar-refractivity contribution in [2.24, 2.45) is 0 Å². The molecule has 0 aliphatic carbocycles. The number of halogens is 1. The SMILES string of the molecule is Cc1ccc(Cl)cc1N(CCCC(=O)NCCOc1ccc(S(=O)(=O)N2CCCC2)cc1)S(C)(=O)=O. The third kappa shape index (κ3) is 7.58. The van der Waals surface area contributed by atoms with Crippen LogP contribution in [-0.4, -0.2) is 66.1 Å². The molecule has 198 valence electrons. The topological polar surface area (TPSA) is 113 Å². The zero-order valence-electron chi connectivity index (χ0n) is 20.4. The van der Waals surface area contributed by atoms with Crippen molar-refractivity contribution in [3.05, 3.63) is 53.1 Å². The first-order valence-electron chi connectivity index (χ1n) is 11.7. The van der Waals surface area contributed by atoms with Gasteiger partial charge in [-0.15, -0.1) is 0 Å². The lowest BCUT2D eigenvalue weighted by Crippen LogP contribution is -2.33. The highest BCUT2D eigenvalue weighted by Gasteiger charge is 2.27. The molecule has 1 amide bonds. The summed E-state index contributed by atoms with van der Waals surface area (Å²) >= 11 is 6.04. The zero-order chi connectivity index (χ0) is 26.3. The van der Waals surface area contributed by atoms with E-state index in [4.69, 9.17) is 16.3 Å². The molecule has 1 heterocycles. The molecular weight excluding hydrogens is 526 g/mol. The summed E-state index contributed by atoms with van der Waals surface area (Å²) in [7, 11) is -7.01. The number of rotatable bonds is 12. The van der Waals surface area contributed by atoms with Gasteiger partial charge in [0.05, 0.1) is 23.4 Å². The number of nitrogens with one attached hydrogen (secondary N) is 1. The fourth-order valence-corrected chi connectivity index (χ4v) is 6.63. The Bertz CT molecular complexity index is 1260. The molecule has 0 unspecified atom stereocenters. The van der Waals surface area contributed by atoms with Crippen molar-refractivity contribution in [1.29, 1.82) is 0 Å². The molecule has 0 radical (unpaired) electrons. The van der Waals surface area contributed by atoms with Crippen molar-refractivity contribution in [2.75, 3.05) is 43.3 Å². The fraction of sp³-hybridized carbons (Fsp3) is 0.458. The van der Waals surface area contributed by atoms with Gasteiger partial charge < -0.3 is 10.1 Å². The molecule has 0 atom stereocenters. The molecule has 9 nitrogen and oxygen atoms in total. The van der Waals surface area contributed by atoms with Crippen molar-refractivity contribution in [3.63, 3.8) is 0 Å². The third-order valence-corrected chi connectivity index (χ3v) is 9.15. The smallest absolute Gasteiger partial charge is 0.243 e. The molecule has 0 bridgehead atoms. The number of nitrogens with zero attached hydrogens (tertiary/aromatic N) is 2. The second kappa shape index (κ2) is 12.3. The molecule has 0 saturated carbocycles. The molecule has 1 aliphatic rings. The molecule has 3 rings (SSSR count). The monoisotopic (exact) mass is 557 g/mol. The van der Waals surface area contributed by atoms with Crippen LogP contribution in [0.4, 0.5) is 5.69 Å². The molecule has 2 aromatic rings. The Morgan fingerprint density at radius 2 is 1.75 bits per heavy atom. The Balaban J connectivity index is 1.42. The van der Waals surface area contributed by atoms with E-state index in [1.807, 2.05) is 0 Å². The Morgan fingerprint density at radius 3 is 2.39 bits per heavy atom. The van der Waals surface area contributed by atoms with Gasteiger partial charge in [-0.05, 0) is 68.1 Å². The van der Waals surface area contributed by atoms with Crippen LogP contribution in [0.15, 0.2) is 47.4 Å². The lowest BCUT2D eigenvalue weighted by atomic mass is 10.2. The first-order chi connectivity index (χ1) is 17.0. The van der Waals surface area contributed by atoms with E-state index in [0.29, 0.717) is 36.0 Å². The number of anilines is 1. The van der Waals surface area contributed by atoms with Gasteiger partial charge in [0.2, 0.25) is 26.0 Å². The zero-order valence-corrected chi connectivity index (χ0v) is 22.8. The van der Waals surface area contributed by atoms with Gasteiger partial charge in [0.1, 0.15) is 12.4 Å². The number of hydrogen-bond donors (Lipinski definition) is 1. The standard InChI is InChI=1S/C24H32ClN3O6S2/c1-19-7-8-20(25)18-23(19)28(35(2,30)31)16-5-6-24(29)26-13-17-34-21-9-11-22(12-10-21)36(32,33)27-14-3-4-15-27/h7-12,18H,3-6,13-17H2,1-2H3,(H,26,29). The van der Waals surface area contributed by atoms with Crippen molar-refractivity contribution in [2.45, 2.75) is 37.5 Å². The second-order valence-corrected chi connectivity index (χ2v) is 12.9. The summed E-state index contributed by atoms with van der Waals surface area (Å²) in [6.07, 6.45) is 3.36. The molecule has 1 N–H and O–H groups in total. The molecule has 2 aromatic carbocycles. The molecule has 0 spiro atoms. The van der Waals surface area contributed by atoms with Crippen LogP contribution < -0.4 is 14.4 Å². The van der Waals surface area contributed by atoms with Gasteiger partial charge in [0.15, 0.2) is 0 Å². The first-order valence-corrected chi connectivity index (χ1v) is 15.4. The minimum absolute atomic E-state index is 0.148. The summed E-state index contributed by atoms with van der Waals surface area (Å²) in [6.45, 7) is 3.52. The lowest BCUT2D eigenvalue weighted by molar-refractivity contribution is -0.121. The average molecular weight is 558 g/mol. The maximum Gasteiger partial charge on any atom is 0.243 e. The summed E-state index contributed by atoms with van der Waals surface area (Å²) < 4.78 is 58.1. The predicted molar refractivity (Wildman–Crippen MR) is 141 cm³/mol. The highest BCUT2D eigenvalue weighted by Crippen LogP contribution is 2.27. The van der Waals surface area contributed by atoms with Crippen molar-refractivity contribution in [3.8, 4) is 5.75 Å². The maximum absolute atomic E-state index is 12.6. The fourth-order valence-electron chi connectivity index (χ4n) is 3.93. The highest BCUT2D eigenvalue weighted by molar-refractivity contribution is 7.92. The number of carbonyl (C=O) groups is 1. The van der Waals surface area contributed by atoms with Crippen LogP contribution >= 0.6 is 11.6 Å². The van der Waals surface area contributed by atoms with E-state index in [1.165, 1.54) is 20.7 Å². The van der Waals surface area contributed by atoms with Crippen LogP contribution in [-0.2, 0) is 24.8 Å². The number of ether oxygens (including phenoxy) is 1. The predicted octanol–water partition coefficient (Wildman–Crippen LogP) is 3.17. The highest BCUT2D eigenvalue weighted by atomic mass is 35.5. The van der Waals surface area contributed by atoms with Gasteiger partial charge in [-0.2, -0.15) is 4.31 Å². The second-order valence-electron chi connectivity index (χ2n) is 8.65. The first kappa shape index (κ1) is 28.2. The molecule has 1 fully saturated rings. The minimum Gasteiger partial charge on any atom is -0.492 e. The quantitative estimate of drug-likeness (QED) is 0.401. The van der Waals surface area contributed by atoms with Gasteiger partial charge >= 0.3 is 0 Å². The van der Waals surface area contributed by atoms with Crippen LogP contribution in [0.5, 0.6) is 5.75 Å². The number of carbonyl (C=O) groups excluding carboxylic acids is 1. The maximum atomic E-state index is 12.6. The molecule has 36 heavy (non-hydrogen) atoms. The summed E-state index contributed by atoms with van der Waals surface area (Å²) in [5, 5.41) is 3.18. The van der Waals surface area contributed by atoms with E-state index >= 15 is 0 Å². The summed E-state index contributed by atoms with van der Waals surface area (Å²) in [4.78, 5) is 12.4. The molecule has 1 saturated heterocycles. The molecule has 1 aliphatic heterocycles. The van der Waals surface area contributed by atoms with Crippen LogP contribution in [0, 0.1) is 6.92 Å². The third-order valence-electron chi connectivity index (χ3n) is 5.82. The van der Waals surface area contributed by atoms with Crippen molar-refractivity contribution in [1.82, 2.24) is 9.62 Å². The molecule has 12 heteroatoms. The summed E-state index contributed by atoms with van der Waals surface area (Å²) in [5.41, 5.74) is 1.27. The van der Waals surface area contributed by atoms with Crippen LogP contribution in [0.1, 0.15) is 31.2 Å². The van der Waals surface area contributed by atoms with E-state index in [-0.39, 0.29) is 36.9 Å². The minimum atomic E-state index is -3.54. The van der Waals surface area contributed by atoms with Gasteiger partial charge in [0, 0.05) is 31.1 Å². The summed E-state index contributed by atoms with van der Waals surface area (Å²) in [5.74, 6) is 0.284. The van der Waals surface area contributed by atoms with E-state index < -0.39 is 20.0 Å². The Kier molecular flexibility index (Phi) is 9.62. The van der Waals surface area contributed by atoms with Gasteiger partial charge in [-0.25, -0.2) is 16.8 Å². The Labute approximate surface area is 218 Å². The van der Waals surface area contributed by atoms with Gasteiger partial charge in [-0.3, -0.25) is 9.10 Å². The molecule has 0 aromatic heterocycles. The summed E-state index contributed by atoms with van der Waals surface area (Å²) in [6, 6.07) is 11.3. The molecular formula is C24H32ClN3O6S2. The van der Waals surface area contributed by atoms with E-state index in [1.54, 1.807) is 37.3 Å². The number of amides is 1. The van der Waals surface area contributed by atoms with Gasteiger partial charge in [0.25, 0.3) is 0 Å². The number of hydrogen-bond acceptors (Lipinski definition) is 6. The van der Waals surface area contributed by atoms with Gasteiger partial charge in [-0.1, -0.05) is 17.7 Å². The van der Waals surface area contributed by atoms with Crippen molar-refractivity contribution >= 4 is 43.2 Å². The van der Waals surface area contributed by atoms with E-state index in [9.17, 15) is 21.6 Å². The number of sulfonamides is 2. The van der Waals surface area contributed by atoms with E-state index in [0.717, 1.165) is 24.7 Å². The van der Waals surface area contributed by atoms with Crippen LogP contribution in [0.3, 0.4) is 0 Å². The largest absolute Gasteiger partial charge is 0.492 e. The Hall–Kier alpha value is -2.34. The normalized spacial score (nSPS) is 14.5. The number of benzene rings is 2. The lowest BCUT2D eigenvalue weighted by Gasteiger charge is -2.24. The average Bonchev–Trinajstić information content (AvgIpc) is 3.37. The van der Waals surface area contributed by atoms with Crippen LogP contribution in [0.25, 0.3) is 0 Å². The van der Waals surface area contributed by atoms with Crippen molar-refractivity contribution < 1.29 is 26.4 Å². The van der Waals surface area contributed by atoms with Crippen LogP contribution in [0.2, 0.25) is 5.02 Å². The number of aryl methyl sites for hydroxylation is 1. The Morgan fingerprint density at radius 1 is 1.08 bits per heavy atom. The van der Waals surface area contributed by atoms with E-state index in [2.05, 4.69) is 5.32 Å².